The fraction of sp³-hybridized carbons (Fsp3) is 0.500. The maximum Gasteiger partial charge on any atom is 0.310 e. The van der Waals surface area contributed by atoms with E-state index in [2.05, 4.69) is 0 Å². The zero-order valence-corrected chi connectivity index (χ0v) is 16.9. The summed E-state index contributed by atoms with van der Waals surface area (Å²) in [6.45, 7) is 0.461. The van der Waals surface area contributed by atoms with E-state index in [1.807, 2.05) is 0 Å². The summed E-state index contributed by atoms with van der Waals surface area (Å²) in [5, 5.41) is 0.630. The van der Waals surface area contributed by atoms with Crippen molar-refractivity contribution in [3.63, 3.8) is 0 Å². The lowest BCUT2D eigenvalue weighted by atomic mass is 10.1. The number of carbonyl (C=O) groups excluding carboxylic acids is 1. The van der Waals surface area contributed by atoms with Crippen LogP contribution in [0, 0.1) is 5.92 Å². The van der Waals surface area contributed by atoms with Crippen LogP contribution in [-0.2, 0) is 26.3 Å². The van der Waals surface area contributed by atoms with Gasteiger partial charge in [0, 0.05) is 36.1 Å². The minimum absolute atomic E-state index is 0.0882. The Morgan fingerprint density at radius 2 is 1.90 bits per heavy atom. The number of carbonyl (C=O) groups is 1. The van der Waals surface area contributed by atoms with Crippen molar-refractivity contribution in [1.29, 1.82) is 0 Å². The van der Waals surface area contributed by atoms with E-state index in [9.17, 15) is 18.0 Å². The van der Waals surface area contributed by atoms with E-state index >= 15 is 0 Å². The summed E-state index contributed by atoms with van der Waals surface area (Å²) in [5.41, 5.74) is 5.47. The van der Waals surface area contributed by atoms with Gasteiger partial charge in [0.15, 0.2) is 6.73 Å². The molecule has 4 rings (SSSR count). The van der Waals surface area contributed by atoms with Gasteiger partial charge in [0.1, 0.15) is 0 Å². The van der Waals surface area contributed by atoms with E-state index in [1.54, 1.807) is 18.2 Å². The first-order valence-corrected chi connectivity index (χ1v) is 11.4. The van der Waals surface area contributed by atoms with Gasteiger partial charge in [-0.25, -0.2) is 8.42 Å². The molecular formula is C20H25N3O5S. The summed E-state index contributed by atoms with van der Waals surface area (Å²) >= 11 is 0. The third-order valence-electron chi connectivity index (χ3n) is 5.82. The van der Waals surface area contributed by atoms with E-state index in [0.29, 0.717) is 18.4 Å². The van der Waals surface area contributed by atoms with Crippen LogP contribution >= 0.6 is 0 Å². The zero-order chi connectivity index (χ0) is 20.6. The highest BCUT2D eigenvalue weighted by molar-refractivity contribution is 7.89. The molecule has 0 bridgehead atoms. The molecule has 156 valence electrons. The molecule has 1 aliphatic heterocycles. The van der Waals surface area contributed by atoms with Crippen molar-refractivity contribution >= 4 is 26.8 Å². The summed E-state index contributed by atoms with van der Waals surface area (Å²) in [6.07, 6.45) is 5.79. The molecule has 1 aliphatic carbocycles. The Kier molecular flexibility index (Phi) is 5.46. The Morgan fingerprint density at radius 1 is 1.14 bits per heavy atom. The number of hydrogen-bond donors (Lipinski definition) is 1. The van der Waals surface area contributed by atoms with E-state index in [0.717, 1.165) is 25.7 Å². The molecule has 1 atom stereocenters. The minimum Gasteiger partial charge on any atom is -0.444 e. The zero-order valence-electron chi connectivity index (χ0n) is 16.1. The predicted octanol–water partition coefficient (Wildman–Crippen LogP) is 1.41. The summed E-state index contributed by atoms with van der Waals surface area (Å²) in [5.74, 6) is -0.370. The van der Waals surface area contributed by atoms with Crippen LogP contribution < -0.4 is 11.3 Å². The molecule has 2 fully saturated rings. The lowest BCUT2D eigenvalue weighted by Gasteiger charge is -2.18. The average molecular weight is 420 g/mol. The second kappa shape index (κ2) is 7.89. The number of fused-ring (bicyclic) bond motifs is 1. The Morgan fingerprint density at radius 3 is 2.59 bits per heavy atom. The normalized spacial score (nSPS) is 21.1. The van der Waals surface area contributed by atoms with Crippen molar-refractivity contribution in [2.24, 2.45) is 11.7 Å². The number of pyridine rings is 1. The van der Waals surface area contributed by atoms with Crippen molar-refractivity contribution < 1.29 is 17.9 Å². The molecule has 2 aromatic rings. The number of nitrogens with two attached hydrogens (primary N) is 1. The highest BCUT2D eigenvalue weighted by Crippen LogP contribution is 2.27. The molecule has 8 nitrogen and oxygen atoms in total. The Balaban J connectivity index is 1.62. The molecule has 1 unspecified atom stereocenters. The molecular weight excluding hydrogens is 394 g/mol. The van der Waals surface area contributed by atoms with Gasteiger partial charge in [0.25, 0.3) is 5.56 Å². The van der Waals surface area contributed by atoms with Gasteiger partial charge in [0.2, 0.25) is 10.0 Å². The van der Waals surface area contributed by atoms with Crippen LogP contribution in [0.2, 0.25) is 0 Å². The SMILES string of the molecule is NC1CCN(S(=O)(=O)c2cccc3c(=O)n(COC(=O)C4CCCC4)ccc23)C1. The first kappa shape index (κ1) is 20.1. The molecule has 29 heavy (non-hydrogen) atoms. The topological polar surface area (TPSA) is 112 Å². The monoisotopic (exact) mass is 419 g/mol. The van der Waals surface area contributed by atoms with E-state index in [4.69, 9.17) is 10.5 Å². The number of rotatable bonds is 5. The Labute approximate surface area is 169 Å². The fourth-order valence-corrected chi connectivity index (χ4v) is 5.86. The summed E-state index contributed by atoms with van der Waals surface area (Å²) in [7, 11) is -3.74. The number of benzene rings is 1. The Hall–Kier alpha value is -2.23. The molecule has 2 heterocycles. The van der Waals surface area contributed by atoms with Crippen LogP contribution in [0.15, 0.2) is 40.2 Å². The number of aromatic nitrogens is 1. The quantitative estimate of drug-likeness (QED) is 0.734. The van der Waals surface area contributed by atoms with E-state index < -0.39 is 15.6 Å². The summed E-state index contributed by atoms with van der Waals surface area (Å²) < 4.78 is 34.1. The first-order chi connectivity index (χ1) is 13.9. The lowest BCUT2D eigenvalue weighted by molar-refractivity contribution is -0.152. The molecule has 0 radical (unpaired) electrons. The highest BCUT2D eigenvalue weighted by atomic mass is 32.2. The minimum atomic E-state index is -3.74. The van der Waals surface area contributed by atoms with Crippen molar-refractivity contribution in [1.82, 2.24) is 8.87 Å². The predicted molar refractivity (Wildman–Crippen MR) is 108 cm³/mol. The Bertz CT molecular complexity index is 1090. The molecule has 0 spiro atoms. The van der Waals surface area contributed by atoms with Crippen molar-refractivity contribution in [3.05, 3.63) is 40.8 Å². The van der Waals surface area contributed by atoms with Crippen molar-refractivity contribution in [3.8, 4) is 0 Å². The number of sulfonamides is 1. The molecule has 1 aromatic carbocycles. The van der Waals surface area contributed by atoms with Gasteiger partial charge >= 0.3 is 5.97 Å². The fourth-order valence-electron chi connectivity index (χ4n) is 4.14. The standard InChI is InChI=1S/C20H25N3O5S/c21-15-8-11-23(12-15)29(26,27)18-7-3-6-17-16(18)9-10-22(19(17)24)13-28-20(25)14-4-1-2-5-14/h3,6-7,9-10,14-15H,1-2,4-5,8,11-13,21H2. The lowest BCUT2D eigenvalue weighted by Crippen LogP contribution is -2.32. The summed E-state index contributed by atoms with van der Waals surface area (Å²) in [4.78, 5) is 25.1. The number of esters is 1. The maximum atomic E-state index is 13.0. The molecule has 2 aliphatic rings. The van der Waals surface area contributed by atoms with Gasteiger partial charge in [-0.3, -0.25) is 14.2 Å². The summed E-state index contributed by atoms with van der Waals surface area (Å²) in [6, 6.07) is 6.06. The molecule has 1 saturated heterocycles. The number of nitrogens with zero attached hydrogens (tertiary/aromatic N) is 2. The molecule has 9 heteroatoms. The van der Waals surface area contributed by atoms with Crippen LogP contribution in [0.25, 0.3) is 10.8 Å². The van der Waals surface area contributed by atoms with Crippen molar-refractivity contribution in [2.45, 2.75) is 49.8 Å². The number of hydrogen-bond acceptors (Lipinski definition) is 6. The average Bonchev–Trinajstić information content (AvgIpc) is 3.39. The molecule has 1 aromatic heterocycles. The second-order valence-electron chi connectivity index (χ2n) is 7.79. The maximum absolute atomic E-state index is 13.0. The van der Waals surface area contributed by atoms with E-state index in [1.165, 1.54) is 21.1 Å². The van der Waals surface area contributed by atoms with Gasteiger partial charge < -0.3 is 10.5 Å². The molecule has 2 N–H and O–H groups in total. The molecule has 1 saturated carbocycles. The van der Waals surface area contributed by atoms with Crippen LogP contribution in [0.5, 0.6) is 0 Å². The smallest absolute Gasteiger partial charge is 0.310 e. The number of ether oxygens (including phenoxy) is 1. The van der Waals surface area contributed by atoms with Crippen LogP contribution in [-0.4, -0.2) is 42.4 Å². The van der Waals surface area contributed by atoms with Gasteiger partial charge in [-0.1, -0.05) is 18.9 Å². The van der Waals surface area contributed by atoms with Gasteiger partial charge in [-0.05, 0) is 37.5 Å². The first-order valence-electron chi connectivity index (χ1n) is 9.92. The third kappa shape index (κ3) is 3.82. The van der Waals surface area contributed by atoms with Crippen LogP contribution in [0.1, 0.15) is 32.1 Å². The van der Waals surface area contributed by atoms with Crippen LogP contribution in [0.3, 0.4) is 0 Å². The second-order valence-corrected chi connectivity index (χ2v) is 9.70. The molecule has 0 amide bonds. The largest absolute Gasteiger partial charge is 0.444 e. The van der Waals surface area contributed by atoms with Gasteiger partial charge in [0.05, 0.1) is 10.8 Å². The van der Waals surface area contributed by atoms with Gasteiger partial charge in [-0.15, -0.1) is 0 Å². The third-order valence-corrected chi connectivity index (χ3v) is 7.74. The van der Waals surface area contributed by atoms with E-state index in [-0.39, 0.29) is 41.5 Å². The van der Waals surface area contributed by atoms with Crippen LogP contribution in [0.4, 0.5) is 0 Å². The van der Waals surface area contributed by atoms with Crippen molar-refractivity contribution in [2.75, 3.05) is 13.1 Å². The van der Waals surface area contributed by atoms with Gasteiger partial charge in [-0.2, -0.15) is 4.31 Å². The highest BCUT2D eigenvalue weighted by Gasteiger charge is 2.32.